The molecule has 0 amide bonds. The highest BCUT2D eigenvalue weighted by Crippen LogP contribution is 2.65. The van der Waals surface area contributed by atoms with Crippen LogP contribution in [0.15, 0.2) is 42.0 Å². The maximum absolute atomic E-state index is 12.7. The molecule has 0 aliphatic heterocycles. The second-order valence-electron chi connectivity index (χ2n) is 11.1. The fourth-order valence-electron chi connectivity index (χ4n) is 7.81. The van der Waals surface area contributed by atoms with Gasteiger partial charge >= 0.3 is 5.97 Å². The van der Waals surface area contributed by atoms with Gasteiger partial charge < -0.3 is 4.74 Å². The van der Waals surface area contributed by atoms with Crippen LogP contribution >= 0.6 is 0 Å². The lowest BCUT2D eigenvalue weighted by Gasteiger charge is -2.57. The Bertz CT molecular complexity index is 887. The van der Waals surface area contributed by atoms with E-state index < -0.39 is 0 Å². The summed E-state index contributed by atoms with van der Waals surface area (Å²) in [5, 5.41) is 0. The Morgan fingerprint density at radius 1 is 1.00 bits per heavy atom. The molecule has 6 atom stereocenters. The molecule has 3 saturated carbocycles. The number of fused-ring (bicyclic) bond motifs is 5. The fraction of sp³-hybridized carbons (Fsp3) is 0.643. The number of esters is 1. The zero-order valence-electron chi connectivity index (χ0n) is 19.1. The smallest absolute Gasteiger partial charge is 0.306 e. The van der Waals surface area contributed by atoms with Crippen LogP contribution in [0.25, 0.3) is 0 Å². The third-order valence-electron chi connectivity index (χ3n) is 9.61. The number of rotatable bonds is 4. The summed E-state index contributed by atoms with van der Waals surface area (Å²) in [5.41, 5.74) is 2.95. The number of hydrogen-bond acceptors (Lipinski definition) is 3. The van der Waals surface area contributed by atoms with E-state index >= 15 is 0 Å². The monoisotopic (exact) mass is 420 g/mol. The van der Waals surface area contributed by atoms with E-state index in [2.05, 4.69) is 26.0 Å². The zero-order chi connectivity index (χ0) is 21.6. The van der Waals surface area contributed by atoms with Crippen molar-refractivity contribution >= 4 is 11.8 Å². The number of carbonyl (C=O) groups excluding carboxylic acids is 2. The molecular weight excluding hydrogens is 384 g/mol. The van der Waals surface area contributed by atoms with Crippen molar-refractivity contribution in [1.29, 1.82) is 0 Å². The Morgan fingerprint density at radius 2 is 1.81 bits per heavy atom. The molecule has 0 radical (unpaired) electrons. The minimum absolute atomic E-state index is 0.0375. The molecule has 166 valence electrons. The topological polar surface area (TPSA) is 43.4 Å². The highest BCUT2D eigenvalue weighted by atomic mass is 16.5. The molecule has 5 rings (SSSR count). The van der Waals surface area contributed by atoms with Crippen LogP contribution in [0.4, 0.5) is 0 Å². The average molecular weight is 421 g/mol. The first-order valence-electron chi connectivity index (χ1n) is 12.4. The quantitative estimate of drug-likeness (QED) is 0.556. The molecule has 4 aliphatic rings. The van der Waals surface area contributed by atoms with E-state index in [4.69, 9.17) is 4.74 Å². The minimum Gasteiger partial charge on any atom is -0.462 e. The number of carbonyl (C=O) groups is 2. The summed E-state index contributed by atoms with van der Waals surface area (Å²) in [6.45, 7) is 4.83. The second-order valence-corrected chi connectivity index (χ2v) is 11.1. The molecule has 1 aromatic rings. The molecule has 0 bridgehead atoms. The SMILES string of the molecule is C[C@]12CC[C@@H]3[C@H](CCC4=CC(=O)CC[C@@]43C)[C@H]1CC[C@@H]2OC(=O)CCc1ccccc1. The van der Waals surface area contributed by atoms with Crippen molar-refractivity contribution in [1.82, 2.24) is 0 Å². The summed E-state index contributed by atoms with van der Waals surface area (Å²) in [6.07, 6.45) is 11.8. The standard InChI is InChI=1S/C28H36O3/c1-27-16-14-21(29)18-20(27)9-10-22-23-11-12-25(28(23,2)17-15-24(22)27)31-26(30)13-8-19-6-4-3-5-7-19/h3-7,18,22-25H,8-17H2,1-2H3/t22-,23-,24-,25+,27+,28+/m1/s1. The van der Waals surface area contributed by atoms with Crippen LogP contribution in [0.1, 0.15) is 77.2 Å². The van der Waals surface area contributed by atoms with Crippen molar-refractivity contribution in [3.8, 4) is 0 Å². The summed E-state index contributed by atoms with van der Waals surface area (Å²) in [7, 11) is 0. The fourth-order valence-corrected chi connectivity index (χ4v) is 7.81. The number of ketones is 1. The largest absolute Gasteiger partial charge is 0.462 e. The van der Waals surface area contributed by atoms with Crippen molar-refractivity contribution in [2.45, 2.75) is 84.2 Å². The Labute approximate surface area is 186 Å². The van der Waals surface area contributed by atoms with Crippen molar-refractivity contribution in [3.05, 3.63) is 47.5 Å². The lowest BCUT2D eigenvalue weighted by molar-refractivity contribution is -0.159. The third-order valence-corrected chi connectivity index (χ3v) is 9.61. The molecule has 0 spiro atoms. The normalized spacial score (nSPS) is 39.2. The zero-order valence-corrected chi connectivity index (χ0v) is 19.1. The van der Waals surface area contributed by atoms with E-state index in [9.17, 15) is 9.59 Å². The molecular formula is C28H36O3. The van der Waals surface area contributed by atoms with Gasteiger partial charge in [-0.3, -0.25) is 9.59 Å². The molecule has 0 heterocycles. The number of hydrogen-bond donors (Lipinski definition) is 0. The lowest BCUT2D eigenvalue weighted by Crippen LogP contribution is -2.51. The molecule has 0 saturated heterocycles. The highest BCUT2D eigenvalue weighted by Gasteiger charge is 2.59. The minimum atomic E-state index is -0.0375. The molecule has 4 aliphatic carbocycles. The van der Waals surface area contributed by atoms with Crippen LogP contribution in [0.5, 0.6) is 0 Å². The highest BCUT2D eigenvalue weighted by molar-refractivity contribution is 5.91. The third kappa shape index (κ3) is 3.58. The van der Waals surface area contributed by atoms with Crippen LogP contribution < -0.4 is 0 Å². The molecule has 31 heavy (non-hydrogen) atoms. The summed E-state index contributed by atoms with van der Waals surface area (Å²) < 4.78 is 6.14. The summed E-state index contributed by atoms with van der Waals surface area (Å²) in [4.78, 5) is 24.7. The average Bonchev–Trinajstić information content (AvgIpc) is 3.10. The van der Waals surface area contributed by atoms with Crippen LogP contribution in [0.3, 0.4) is 0 Å². The Morgan fingerprint density at radius 3 is 2.61 bits per heavy atom. The molecule has 3 fully saturated rings. The Hall–Kier alpha value is -1.90. The number of aryl methyl sites for hydroxylation is 1. The molecule has 3 heteroatoms. The van der Waals surface area contributed by atoms with E-state index in [-0.39, 0.29) is 22.9 Å². The molecule has 3 nitrogen and oxygen atoms in total. The van der Waals surface area contributed by atoms with E-state index in [0.29, 0.717) is 36.4 Å². The van der Waals surface area contributed by atoms with Crippen LogP contribution in [-0.4, -0.2) is 17.9 Å². The van der Waals surface area contributed by atoms with Gasteiger partial charge in [0.05, 0.1) is 0 Å². The summed E-state index contributed by atoms with van der Waals surface area (Å²) >= 11 is 0. The van der Waals surface area contributed by atoms with Crippen molar-refractivity contribution in [2.75, 3.05) is 0 Å². The van der Waals surface area contributed by atoms with Gasteiger partial charge in [-0.1, -0.05) is 49.8 Å². The summed E-state index contributed by atoms with van der Waals surface area (Å²) in [5.74, 6) is 2.34. The summed E-state index contributed by atoms with van der Waals surface area (Å²) in [6, 6.07) is 10.2. The van der Waals surface area contributed by atoms with Gasteiger partial charge in [0.25, 0.3) is 0 Å². The maximum Gasteiger partial charge on any atom is 0.306 e. The van der Waals surface area contributed by atoms with Crippen LogP contribution in [-0.2, 0) is 20.7 Å². The van der Waals surface area contributed by atoms with Gasteiger partial charge in [-0.2, -0.15) is 0 Å². The second kappa shape index (κ2) is 7.90. The number of allylic oxidation sites excluding steroid dienone is 1. The molecule has 1 aromatic carbocycles. The lowest BCUT2D eigenvalue weighted by atomic mass is 9.47. The first kappa shape index (κ1) is 21.0. The van der Waals surface area contributed by atoms with Gasteiger partial charge in [0, 0.05) is 18.3 Å². The van der Waals surface area contributed by atoms with Gasteiger partial charge in [-0.05, 0) is 86.2 Å². The van der Waals surface area contributed by atoms with Crippen LogP contribution in [0, 0.1) is 28.6 Å². The van der Waals surface area contributed by atoms with Gasteiger partial charge in [0.15, 0.2) is 5.78 Å². The molecule has 0 aromatic heterocycles. The Balaban J connectivity index is 1.26. The van der Waals surface area contributed by atoms with Gasteiger partial charge in [0.1, 0.15) is 6.10 Å². The van der Waals surface area contributed by atoms with Crippen molar-refractivity contribution in [3.63, 3.8) is 0 Å². The van der Waals surface area contributed by atoms with E-state index in [1.807, 2.05) is 24.3 Å². The first-order chi connectivity index (χ1) is 14.9. The van der Waals surface area contributed by atoms with E-state index in [0.717, 1.165) is 32.1 Å². The molecule has 0 unspecified atom stereocenters. The van der Waals surface area contributed by atoms with E-state index in [1.165, 1.54) is 30.4 Å². The Kier molecular flexibility index (Phi) is 5.35. The van der Waals surface area contributed by atoms with Gasteiger partial charge in [-0.15, -0.1) is 0 Å². The predicted octanol–water partition coefficient (Wildman–Crippen LogP) is 6.06. The van der Waals surface area contributed by atoms with Gasteiger partial charge in [0.2, 0.25) is 0 Å². The van der Waals surface area contributed by atoms with E-state index in [1.54, 1.807) is 0 Å². The first-order valence-corrected chi connectivity index (χ1v) is 12.4. The van der Waals surface area contributed by atoms with Crippen molar-refractivity contribution < 1.29 is 14.3 Å². The van der Waals surface area contributed by atoms with Crippen LogP contribution in [0.2, 0.25) is 0 Å². The van der Waals surface area contributed by atoms with Crippen molar-refractivity contribution in [2.24, 2.45) is 28.6 Å². The number of ether oxygens (including phenoxy) is 1. The van der Waals surface area contributed by atoms with Gasteiger partial charge in [-0.25, -0.2) is 0 Å². The molecule has 0 N–H and O–H groups in total. The maximum atomic E-state index is 12.7. The number of benzene rings is 1. The predicted molar refractivity (Wildman–Crippen MR) is 121 cm³/mol.